The molecule has 1 N–H and O–H groups in total. The monoisotopic (exact) mass is 202 g/mol. The molecule has 0 aliphatic heterocycles. The largest absolute Gasteiger partial charge is 0.396 e. The molecular weight excluding hydrogens is 184 g/mol. The number of hydrogen-bond donors (Lipinski definition) is 1. The van der Waals surface area contributed by atoms with Gasteiger partial charge in [-0.2, -0.15) is 0 Å². The molecule has 3 rings (SSSR count). The van der Waals surface area contributed by atoms with E-state index >= 15 is 0 Å². The van der Waals surface area contributed by atoms with Crippen LogP contribution in [0.2, 0.25) is 0 Å². The summed E-state index contributed by atoms with van der Waals surface area (Å²) in [6, 6.07) is 10.8. The van der Waals surface area contributed by atoms with Crippen molar-refractivity contribution in [2.45, 2.75) is 31.1 Å². The van der Waals surface area contributed by atoms with E-state index in [9.17, 15) is 5.11 Å². The topological polar surface area (TPSA) is 20.2 Å². The molecule has 0 saturated heterocycles. The summed E-state index contributed by atoms with van der Waals surface area (Å²) in [7, 11) is 0. The van der Waals surface area contributed by atoms with Crippen molar-refractivity contribution in [3.63, 3.8) is 0 Å². The Morgan fingerprint density at radius 3 is 2.40 bits per heavy atom. The van der Waals surface area contributed by atoms with Crippen molar-refractivity contribution in [2.24, 2.45) is 11.8 Å². The van der Waals surface area contributed by atoms with Gasteiger partial charge < -0.3 is 5.11 Å². The highest BCUT2D eigenvalue weighted by molar-refractivity contribution is 5.35. The standard InChI is InChI=1S/C14H18O/c15-10-13-9-14(13,12-7-4-8-12)11-5-2-1-3-6-11/h1-3,5-6,12-13,15H,4,7-10H2. The van der Waals surface area contributed by atoms with Gasteiger partial charge in [-0.3, -0.25) is 0 Å². The van der Waals surface area contributed by atoms with Crippen LogP contribution in [0.15, 0.2) is 30.3 Å². The fourth-order valence-electron chi connectivity index (χ4n) is 3.34. The fourth-order valence-corrected chi connectivity index (χ4v) is 3.34. The predicted octanol–water partition coefficient (Wildman–Crippen LogP) is 2.74. The number of hydrogen-bond acceptors (Lipinski definition) is 1. The Morgan fingerprint density at radius 1 is 1.20 bits per heavy atom. The van der Waals surface area contributed by atoms with Crippen LogP contribution in [-0.4, -0.2) is 11.7 Å². The molecule has 2 aliphatic rings. The van der Waals surface area contributed by atoms with E-state index in [0.717, 1.165) is 5.92 Å². The third-order valence-electron chi connectivity index (χ3n) is 4.52. The van der Waals surface area contributed by atoms with Gasteiger partial charge in [-0.15, -0.1) is 0 Å². The number of aliphatic hydroxyl groups is 1. The Labute approximate surface area is 91.1 Å². The smallest absolute Gasteiger partial charge is 0.0468 e. The molecule has 2 fully saturated rings. The first kappa shape index (κ1) is 9.41. The summed E-state index contributed by atoms with van der Waals surface area (Å²) in [6.07, 6.45) is 5.33. The molecule has 1 nitrogen and oxygen atoms in total. The van der Waals surface area contributed by atoms with Gasteiger partial charge in [-0.1, -0.05) is 36.8 Å². The highest BCUT2D eigenvalue weighted by Crippen LogP contribution is 2.63. The van der Waals surface area contributed by atoms with Gasteiger partial charge in [-0.05, 0) is 36.7 Å². The predicted molar refractivity (Wildman–Crippen MR) is 60.7 cm³/mol. The molecule has 0 radical (unpaired) electrons. The lowest BCUT2D eigenvalue weighted by Gasteiger charge is -2.35. The Balaban J connectivity index is 1.92. The van der Waals surface area contributed by atoms with Crippen molar-refractivity contribution in [1.82, 2.24) is 0 Å². The van der Waals surface area contributed by atoms with Crippen LogP contribution < -0.4 is 0 Å². The van der Waals surface area contributed by atoms with Crippen LogP contribution >= 0.6 is 0 Å². The minimum Gasteiger partial charge on any atom is -0.396 e. The maximum Gasteiger partial charge on any atom is 0.0468 e. The summed E-state index contributed by atoms with van der Waals surface area (Å²) in [5, 5.41) is 9.37. The Hall–Kier alpha value is -0.820. The van der Waals surface area contributed by atoms with Crippen LogP contribution in [0.4, 0.5) is 0 Å². The van der Waals surface area contributed by atoms with Crippen molar-refractivity contribution in [3.05, 3.63) is 35.9 Å². The van der Waals surface area contributed by atoms with Crippen molar-refractivity contribution in [3.8, 4) is 0 Å². The number of rotatable bonds is 3. The maximum atomic E-state index is 9.37. The molecule has 2 saturated carbocycles. The van der Waals surface area contributed by atoms with Crippen molar-refractivity contribution in [2.75, 3.05) is 6.61 Å². The van der Waals surface area contributed by atoms with E-state index in [4.69, 9.17) is 0 Å². The Bertz CT molecular complexity index is 342. The lowest BCUT2D eigenvalue weighted by Crippen LogP contribution is -2.29. The van der Waals surface area contributed by atoms with Crippen molar-refractivity contribution < 1.29 is 5.11 Å². The van der Waals surface area contributed by atoms with Crippen molar-refractivity contribution in [1.29, 1.82) is 0 Å². The molecule has 80 valence electrons. The first-order chi connectivity index (χ1) is 7.38. The van der Waals surface area contributed by atoms with Crippen LogP contribution in [0.25, 0.3) is 0 Å². The maximum absolute atomic E-state index is 9.37. The highest BCUT2D eigenvalue weighted by atomic mass is 16.3. The van der Waals surface area contributed by atoms with Crippen LogP contribution in [0.5, 0.6) is 0 Å². The molecule has 0 spiro atoms. The summed E-state index contributed by atoms with van der Waals surface area (Å²) in [6.45, 7) is 0.366. The second kappa shape index (κ2) is 3.34. The first-order valence-corrected chi connectivity index (χ1v) is 6.04. The summed E-state index contributed by atoms with van der Waals surface area (Å²) >= 11 is 0. The minimum absolute atomic E-state index is 0.355. The third kappa shape index (κ3) is 1.26. The molecular formula is C14H18O. The Kier molecular flexibility index (Phi) is 2.10. The van der Waals surface area contributed by atoms with Crippen LogP contribution in [0.1, 0.15) is 31.2 Å². The molecule has 1 aromatic rings. The van der Waals surface area contributed by atoms with E-state index in [1.807, 2.05) is 0 Å². The van der Waals surface area contributed by atoms with E-state index in [1.54, 1.807) is 0 Å². The zero-order chi connectivity index (χ0) is 10.3. The third-order valence-corrected chi connectivity index (χ3v) is 4.52. The van der Waals surface area contributed by atoms with E-state index in [1.165, 1.54) is 31.2 Å². The number of aliphatic hydroxyl groups excluding tert-OH is 1. The lowest BCUT2D eigenvalue weighted by molar-refractivity contribution is 0.197. The van der Waals surface area contributed by atoms with Gasteiger partial charge in [-0.25, -0.2) is 0 Å². The fraction of sp³-hybridized carbons (Fsp3) is 0.571. The molecule has 1 aromatic carbocycles. The highest BCUT2D eigenvalue weighted by Gasteiger charge is 2.60. The zero-order valence-electron chi connectivity index (χ0n) is 9.02. The van der Waals surface area contributed by atoms with Gasteiger partial charge >= 0.3 is 0 Å². The van der Waals surface area contributed by atoms with Gasteiger partial charge in [0.2, 0.25) is 0 Å². The second-order valence-electron chi connectivity index (χ2n) is 5.12. The molecule has 15 heavy (non-hydrogen) atoms. The molecule has 0 heterocycles. The molecule has 2 unspecified atom stereocenters. The number of benzene rings is 1. The van der Waals surface area contributed by atoms with Gasteiger partial charge in [0, 0.05) is 12.0 Å². The van der Waals surface area contributed by atoms with E-state index in [-0.39, 0.29) is 0 Å². The van der Waals surface area contributed by atoms with E-state index < -0.39 is 0 Å². The molecule has 0 aromatic heterocycles. The molecule has 2 aliphatic carbocycles. The average Bonchev–Trinajstić information content (AvgIpc) is 2.92. The molecule has 2 atom stereocenters. The second-order valence-corrected chi connectivity index (χ2v) is 5.12. The van der Waals surface area contributed by atoms with Gasteiger partial charge in [0.25, 0.3) is 0 Å². The Morgan fingerprint density at radius 2 is 1.93 bits per heavy atom. The molecule has 0 bridgehead atoms. The van der Waals surface area contributed by atoms with Crippen LogP contribution in [-0.2, 0) is 5.41 Å². The lowest BCUT2D eigenvalue weighted by atomic mass is 9.69. The van der Waals surface area contributed by atoms with Crippen molar-refractivity contribution >= 4 is 0 Å². The summed E-state index contributed by atoms with van der Waals surface area (Å²) in [5.41, 5.74) is 1.82. The van der Waals surface area contributed by atoms with Gasteiger partial charge in [0.1, 0.15) is 0 Å². The average molecular weight is 202 g/mol. The van der Waals surface area contributed by atoms with Gasteiger partial charge in [0.15, 0.2) is 0 Å². The van der Waals surface area contributed by atoms with Crippen LogP contribution in [0, 0.1) is 11.8 Å². The first-order valence-electron chi connectivity index (χ1n) is 6.04. The van der Waals surface area contributed by atoms with E-state index in [0.29, 0.717) is 17.9 Å². The summed E-state index contributed by atoms with van der Waals surface area (Å²) in [5.74, 6) is 1.38. The quantitative estimate of drug-likeness (QED) is 0.799. The summed E-state index contributed by atoms with van der Waals surface area (Å²) < 4.78 is 0. The minimum atomic E-state index is 0.355. The summed E-state index contributed by atoms with van der Waals surface area (Å²) in [4.78, 5) is 0. The van der Waals surface area contributed by atoms with Gasteiger partial charge in [0.05, 0.1) is 0 Å². The van der Waals surface area contributed by atoms with Crippen LogP contribution in [0.3, 0.4) is 0 Å². The molecule has 1 heteroatoms. The zero-order valence-corrected chi connectivity index (χ0v) is 9.02. The van der Waals surface area contributed by atoms with E-state index in [2.05, 4.69) is 30.3 Å². The SMILES string of the molecule is OCC1CC1(c1ccccc1)C1CCC1. The normalized spacial score (nSPS) is 34.9. The molecule has 0 amide bonds.